The molecule has 0 aromatic heterocycles. The van der Waals surface area contributed by atoms with Gasteiger partial charge in [-0.25, -0.2) is 8.42 Å². The minimum absolute atomic E-state index is 0.0375. The van der Waals surface area contributed by atoms with E-state index in [0.29, 0.717) is 23.7 Å². The predicted molar refractivity (Wildman–Crippen MR) is 83.8 cm³/mol. The lowest BCUT2D eigenvalue weighted by molar-refractivity contribution is 0.117. The lowest BCUT2D eigenvalue weighted by atomic mass is 10.1. The molecule has 1 aromatic rings. The van der Waals surface area contributed by atoms with Crippen LogP contribution >= 0.6 is 0 Å². The van der Waals surface area contributed by atoms with Crippen LogP contribution in [0, 0.1) is 18.3 Å². The molecule has 2 heterocycles. The monoisotopic (exact) mass is 319 g/mol. The van der Waals surface area contributed by atoms with Gasteiger partial charge >= 0.3 is 0 Å². The van der Waals surface area contributed by atoms with Crippen LogP contribution in [-0.4, -0.2) is 49.3 Å². The van der Waals surface area contributed by atoms with Crippen molar-refractivity contribution >= 4 is 10.0 Å². The Morgan fingerprint density at radius 3 is 2.82 bits per heavy atom. The number of hydrogen-bond donors (Lipinski definition) is 0. The Morgan fingerprint density at radius 2 is 2.09 bits per heavy atom. The molecule has 0 bridgehead atoms. The Kier molecular flexibility index (Phi) is 3.98. The quantitative estimate of drug-likeness (QED) is 0.832. The number of piperazine rings is 1. The second-order valence-electron chi connectivity index (χ2n) is 6.31. The highest BCUT2D eigenvalue weighted by Gasteiger charge is 2.40. The van der Waals surface area contributed by atoms with E-state index in [2.05, 4.69) is 4.90 Å². The van der Waals surface area contributed by atoms with E-state index in [1.807, 2.05) is 13.0 Å². The zero-order valence-electron chi connectivity index (χ0n) is 13.0. The summed E-state index contributed by atoms with van der Waals surface area (Å²) in [5.41, 5.74) is 1.08. The molecule has 6 heteroatoms. The topological polar surface area (TPSA) is 64.4 Å². The van der Waals surface area contributed by atoms with Crippen molar-refractivity contribution in [2.45, 2.75) is 43.7 Å². The van der Waals surface area contributed by atoms with Gasteiger partial charge < -0.3 is 0 Å². The summed E-state index contributed by atoms with van der Waals surface area (Å²) < 4.78 is 27.8. The molecule has 2 aliphatic heterocycles. The summed E-state index contributed by atoms with van der Waals surface area (Å²) in [7, 11) is -3.56. The van der Waals surface area contributed by atoms with Gasteiger partial charge in [-0.2, -0.15) is 9.57 Å². The van der Waals surface area contributed by atoms with Crippen molar-refractivity contribution in [1.29, 1.82) is 5.26 Å². The van der Waals surface area contributed by atoms with Crippen LogP contribution in [0.15, 0.2) is 23.1 Å². The van der Waals surface area contributed by atoms with Gasteiger partial charge in [-0.15, -0.1) is 0 Å². The van der Waals surface area contributed by atoms with Crippen molar-refractivity contribution in [2.24, 2.45) is 0 Å². The third kappa shape index (κ3) is 2.54. The molecule has 5 nitrogen and oxygen atoms in total. The molecule has 0 N–H and O–H groups in total. The number of fused-ring (bicyclic) bond motifs is 1. The number of nitriles is 1. The fraction of sp³-hybridized carbons (Fsp3) is 0.562. The van der Waals surface area contributed by atoms with Crippen molar-refractivity contribution in [2.75, 3.05) is 19.6 Å². The third-order valence-corrected chi connectivity index (χ3v) is 6.91. The number of sulfonamides is 1. The van der Waals surface area contributed by atoms with Crippen molar-refractivity contribution in [3.8, 4) is 6.07 Å². The highest BCUT2D eigenvalue weighted by atomic mass is 32.2. The fourth-order valence-electron chi connectivity index (χ4n) is 3.57. The second kappa shape index (κ2) is 5.65. The molecule has 1 aromatic carbocycles. The first-order valence-electron chi connectivity index (χ1n) is 7.70. The van der Waals surface area contributed by atoms with E-state index in [-0.39, 0.29) is 10.9 Å². The van der Waals surface area contributed by atoms with E-state index in [9.17, 15) is 8.42 Å². The van der Waals surface area contributed by atoms with Gasteiger partial charge in [-0.05, 0) is 50.9 Å². The Morgan fingerprint density at radius 1 is 1.32 bits per heavy atom. The van der Waals surface area contributed by atoms with Gasteiger partial charge in [-0.3, -0.25) is 4.90 Å². The highest BCUT2D eigenvalue weighted by molar-refractivity contribution is 7.89. The van der Waals surface area contributed by atoms with Crippen molar-refractivity contribution in [1.82, 2.24) is 9.21 Å². The van der Waals surface area contributed by atoms with Crippen LogP contribution in [0.4, 0.5) is 0 Å². The first kappa shape index (κ1) is 15.5. The summed E-state index contributed by atoms with van der Waals surface area (Å²) in [6, 6.07) is 7.20. The Labute approximate surface area is 132 Å². The largest absolute Gasteiger partial charge is 0.297 e. The molecule has 118 valence electrons. The van der Waals surface area contributed by atoms with Crippen molar-refractivity contribution in [3.05, 3.63) is 29.3 Å². The van der Waals surface area contributed by atoms with Crippen LogP contribution < -0.4 is 0 Å². The summed E-state index contributed by atoms with van der Waals surface area (Å²) in [4.78, 5) is 2.67. The molecule has 2 saturated heterocycles. The van der Waals surface area contributed by atoms with E-state index in [1.165, 1.54) is 6.07 Å². The van der Waals surface area contributed by atoms with E-state index in [4.69, 9.17) is 5.26 Å². The van der Waals surface area contributed by atoms with Gasteiger partial charge in [0.25, 0.3) is 0 Å². The van der Waals surface area contributed by atoms with E-state index < -0.39 is 10.0 Å². The number of nitrogens with zero attached hydrogens (tertiary/aromatic N) is 3. The van der Waals surface area contributed by atoms with E-state index >= 15 is 0 Å². The van der Waals surface area contributed by atoms with Crippen LogP contribution in [0.25, 0.3) is 0 Å². The second-order valence-corrected chi connectivity index (χ2v) is 8.17. The molecule has 0 spiro atoms. The Hall–Kier alpha value is -1.42. The first-order valence-corrected chi connectivity index (χ1v) is 9.14. The summed E-state index contributed by atoms with van der Waals surface area (Å²) in [6.07, 6.45) is 2.21. The van der Waals surface area contributed by atoms with Crippen molar-refractivity contribution in [3.63, 3.8) is 0 Å². The van der Waals surface area contributed by atoms with Gasteiger partial charge in [0.2, 0.25) is 10.0 Å². The zero-order chi connectivity index (χ0) is 15.9. The Balaban J connectivity index is 1.97. The first-order chi connectivity index (χ1) is 10.4. The maximum absolute atomic E-state index is 13.1. The molecule has 0 amide bonds. The maximum Gasteiger partial charge on any atom is 0.243 e. The predicted octanol–water partition coefficient (Wildman–Crippen LogP) is 1.72. The van der Waals surface area contributed by atoms with Gasteiger partial charge in [0.05, 0.1) is 16.5 Å². The summed E-state index contributed by atoms with van der Waals surface area (Å²) in [6.45, 7) is 6.17. The van der Waals surface area contributed by atoms with Gasteiger partial charge in [-0.1, -0.05) is 6.07 Å². The van der Waals surface area contributed by atoms with Crippen LogP contribution in [0.2, 0.25) is 0 Å². The van der Waals surface area contributed by atoms with Crippen molar-refractivity contribution < 1.29 is 8.42 Å². The molecule has 0 aliphatic carbocycles. The van der Waals surface area contributed by atoms with Gasteiger partial charge in [0, 0.05) is 25.2 Å². The van der Waals surface area contributed by atoms with E-state index in [0.717, 1.165) is 25.9 Å². The van der Waals surface area contributed by atoms with Crippen LogP contribution in [0.1, 0.15) is 30.9 Å². The number of hydrogen-bond acceptors (Lipinski definition) is 4. The third-order valence-electron chi connectivity index (χ3n) is 4.78. The Bertz CT molecular complexity index is 723. The molecule has 0 saturated carbocycles. The van der Waals surface area contributed by atoms with Gasteiger partial charge in [0.15, 0.2) is 0 Å². The smallest absolute Gasteiger partial charge is 0.243 e. The summed E-state index contributed by atoms with van der Waals surface area (Å²) >= 11 is 0. The molecule has 0 unspecified atom stereocenters. The minimum Gasteiger partial charge on any atom is -0.297 e. The van der Waals surface area contributed by atoms with E-state index in [1.54, 1.807) is 23.4 Å². The highest BCUT2D eigenvalue weighted by Crippen LogP contribution is 2.30. The molecule has 2 fully saturated rings. The standard InChI is InChI=1S/C16H21N3O2S/c1-12-5-6-14(9-17)8-16(12)22(20,21)19-11-15-4-3-7-18(15)10-13(19)2/h5-6,8,13,15H,3-4,7,10-11H2,1-2H3/t13-,15-/m0/s1. The van der Waals surface area contributed by atoms with Gasteiger partial charge in [0.1, 0.15) is 0 Å². The summed E-state index contributed by atoms with van der Waals surface area (Å²) in [5.74, 6) is 0. The maximum atomic E-state index is 13.1. The van der Waals surface area contributed by atoms with Crippen LogP contribution in [0.3, 0.4) is 0 Å². The van der Waals surface area contributed by atoms with Crippen LogP contribution in [-0.2, 0) is 10.0 Å². The molecule has 3 rings (SSSR count). The minimum atomic E-state index is -3.56. The molecule has 0 radical (unpaired) electrons. The molecular formula is C16H21N3O2S. The zero-order valence-corrected chi connectivity index (χ0v) is 13.8. The molecule has 22 heavy (non-hydrogen) atoms. The molecule has 2 aliphatic rings. The molecule has 2 atom stereocenters. The van der Waals surface area contributed by atoms with Crippen LogP contribution in [0.5, 0.6) is 0 Å². The SMILES string of the molecule is Cc1ccc(C#N)cc1S(=O)(=O)N1C[C@@H]2CCCN2C[C@@H]1C. The lowest BCUT2D eigenvalue weighted by Gasteiger charge is -2.41. The number of aryl methyl sites for hydroxylation is 1. The number of rotatable bonds is 2. The molecular weight excluding hydrogens is 298 g/mol. The normalized spacial score (nSPS) is 26.6. The average Bonchev–Trinajstić information content (AvgIpc) is 2.93. The summed E-state index contributed by atoms with van der Waals surface area (Å²) in [5, 5.41) is 9.04. The fourth-order valence-corrected chi connectivity index (χ4v) is 5.48. The number of benzene rings is 1. The average molecular weight is 319 g/mol. The lowest BCUT2D eigenvalue weighted by Crippen LogP contribution is -2.56.